The highest BCUT2D eigenvalue weighted by Gasteiger charge is 2.15. The number of rotatable bonds is 4. The second-order valence-corrected chi connectivity index (χ2v) is 6.44. The summed E-state index contributed by atoms with van der Waals surface area (Å²) in [6.07, 6.45) is 3.50. The van der Waals surface area contributed by atoms with Gasteiger partial charge >= 0.3 is 0 Å². The molecule has 0 unspecified atom stereocenters. The van der Waals surface area contributed by atoms with E-state index in [1.807, 2.05) is 25.6 Å². The van der Waals surface area contributed by atoms with E-state index in [2.05, 4.69) is 29.6 Å². The van der Waals surface area contributed by atoms with Gasteiger partial charge in [0.1, 0.15) is 5.54 Å². The minimum atomic E-state index is -0.427. The molecular weight excluding hydrogens is 240 g/mol. The molecule has 1 N–H and O–H groups in total. The first-order chi connectivity index (χ1) is 8.61. The first-order valence-corrected chi connectivity index (χ1v) is 7.50. The van der Waals surface area contributed by atoms with E-state index in [4.69, 9.17) is 5.26 Å². The largest absolute Gasteiger partial charge is 0.300 e. The Morgan fingerprint density at radius 1 is 1.44 bits per heavy atom. The Morgan fingerprint density at radius 2 is 2.28 bits per heavy atom. The fourth-order valence-electron chi connectivity index (χ4n) is 2.13. The monoisotopic (exact) mass is 260 g/mol. The zero-order chi connectivity index (χ0) is 13.0. The highest BCUT2D eigenvalue weighted by atomic mass is 32.2. The summed E-state index contributed by atoms with van der Waals surface area (Å²) in [5, 5.41) is 12.2. The molecule has 2 rings (SSSR count). The zero-order valence-electron chi connectivity index (χ0n) is 11.1. The molecule has 1 aliphatic heterocycles. The molecule has 0 aliphatic carbocycles. The van der Waals surface area contributed by atoms with Crippen LogP contribution in [0.4, 0.5) is 0 Å². The zero-order valence-corrected chi connectivity index (χ0v) is 11.9. The molecular formula is C15H20N2S. The Hall–Kier alpha value is -0.980. The molecule has 0 atom stereocenters. The van der Waals surface area contributed by atoms with E-state index >= 15 is 0 Å². The number of nitrogens with zero attached hydrogens (tertiary/aromatic N) is 1. The van der Waals surface area contributed by atoms with Crippen molar-refractivity contribution in [1.29, 1.82) is 5.26 Å². The number of aryl methyl sites for hydroxylation is 1. The van der Waals surface area contributed by atoms with Gasteiger partial charge in [0.05, 0.1) is 6.07 Å². The minimum Gasteiger partial charge on any atom is -0.300 e. The summed E-state index contributed by atoms with van der Waals surface area (Å²) < 4.78 is 0. The molecule has 0 saturated carbocycles. The molecule has 0 aromatic heterocycles. The number of fused-ring (bicyclic) bond motifs is 1. The van der Waals surface area contributed by atoms with Crippen LogP contribution in [0.3, 0.4) is 0 Å². The fraction of sp³-hybridized carbons (Fsp3) is 0.533. The molecule has 1 aliphatic rings. The maximum absolute atomic E-state index is 8.93. The summed E-state index contributed by atoms with van der Waals surface area (Å²) in [7, 11) is 0. The third-order valence-electron chi connectivity index (χ3n) is 3.23. The van der Waals surface area contributed by atoms with E-state index in [-0.39, 0.29) is 0 Å². The maximum Gasteiger partial charge on any atom is 0.101 e. The van der Waals surface area contributed by atoms with E-state index in [0.717, 1.165) is 13.0 Å². The second kappa shape index (κ2) is 5.77. The number of hydrogen-bond acceptors (Lipinski definition) is 3. The van der Waals surface area contributed by atoms with Crippen LogP contribution in [0.2, 0.25) is 0 Å². The molecule has 1 heterocycles. The van der Waals surface area contributed by atoms with Gasteiger partial charge in [0.15, 0.2) is 0 Å². The van der Waals surface area contributed by atoms with E-state index in [1.54, 1.807) is 0 Å². The third kappa shape index (κ3) is 3.51. The van der Waals surface area contributed by atoms with E-state index in [1.165, 1.54) is 34.6 Å². The van der Waals surface area contributed by atoms with Crippen LogP contribution in [0.5, 0.6) is 0 Å². The Balaban J connectivity index is 1.93. The van der Waals surface area contributed by atoms with Crippen molar-refractivity contribution in [3.8, 4) is 6.07 Å². The van der Waals surface area contributed by atoms with Gasteiger partial charge in [-0.05, 0) is 56.1 Å². The van der Waals surface area contributed by atoms with Crippen LogP contribution in [0, 0.1) is 11.3 Å². The molecule has 0 saturated heterocycles. The van der Waals surface area contributed by atoms with E-state index in [9.17, 15) is 0 Å². The maximum atomic E-state index is 8.93. The minimum absolute atomic E-state index is 0.427. The number of benzene rings is 1. The van der Waals surface area contributed by atoms with E-state index in [0.29, 0.717) is 0 Å². The highest BCUT2D eigenvalue weighted by Crippen LogP contribution is 2.30. The van der Waals surface area contributed by atoms with Crippen molar-refractivity contribution in [3.05, 3.63) is 29.3 Å². The number of thioether (sulfide) groups is 1. The van der Waals surface area contributed by atoms with Gasteiger partial charge in [-0.3, -0.25) is 5.32 Å². The lowest BCUT2D eigenvalue weighted by Gasteiger charge is -2.19. The van der Waals surface area contributed by atoms with Crippen LogP contribution in [-0.2, 0) is 12.8 Å². The Kier molecular flexibility index (Phi) is 4.31. The smallest absolute Gasteiger partial charge is 0.101 e. The van der Waals surface area contributed by atoms with Crippen molar-refractivity contribution in [1.82, 2.24) is 5.32 Å². The van der Waals surface area contributed by atoms with Crippen molar-refractivity contribution in [2.75, 3.05) is 12.3 Å². The average molecular weight is 260 g/mol. The molecule has 0 bridgehead atoms. The Bertz CT molecular complexity index is 460. The van der Waals surface area contributed by atoms with Crippen LogP contribution in [0.15, 0.2) is 23.1 Å². The molecule has 0 radical (unpaired) electrons. The molecule has 3 heteroatoms. The lowest BCUT2D eigenvalue weighted by Crippen LogP contribution is -2.38. The van der Waals surface area contributed by atoms with Gasteiger partial charge in [0, 0.05) is 11.4 Å². The summed E-state index contributed by atoms with van der Waals surface area (Å²) in [6, 6.07) is 9.07. The topological polar surface area (TPSA) is 35.8 Å². The van der Waals surface area contributed by atoms with Crippen molar-refractivity contribution in [2.45, 2.75) is 43.5 Å². The summed E-state index contributed by atoms with van der Waals surface area (Å²) in [5.74, 6) is 1.25. The lowest BCUT2D eigenvalue weighted by atomic mass is 10.0. The highest BCUT2D eigenvalue weighted by molar-refractivity contribution is 7.99. The van der Waals surface area contributed by atoms with Crippen molar-refractivity contribution in [3.63, 3.8) is 0 Å². The first kappa shape index (κ1) is 13.5. The van der Waals surface area contributed by atoms with Crippen LogP contribution < -0.4 is 5.32 Å². The normalized spacial score (nSPS) is 14.9. The fourth-order valence-corrected chi connectivity index (χ4v) is 3.15. The van der Waals surface area contributed by atoms with Crippen LogP contribution >= 0.6 is 11.8 Å². The number of hydrogen-bond donors (Lipinski definition) is 1. The van der Waals surface area contributed by atoms with Crippen molar-refractivity contribution >= 4 is 11.8 Å². The molecule has 96 valence electrons. The quantitative estimate of drug-likeness (QED) is 0.903. The summed E-state index contributed by atoms with van der Waals surface area (Å²) in [4.78, 5) is 1.45. The summed E-state index contributed by atoms with van der Waals surface area (Å²) in [5.41, 5.74) is 2.45. The molecule has 2 nitrogen and oxygen atoms in total. The second-order valence-electron chi connectivity index (χ2n) is 5.31. The molecule has 0 amide bonds. The van der Waals surface area contributed by atoms with Gasteiger partial charge in [-0.25, -0.2) is 0 Å². The van der Waals surface area contributed by atoms with Crippen molar-refractivity contribution in [2.24, 2.45) is 0 Å². The first-order valence-electron chi connectivity index (χ1n) is 6.52. The molecule has 1 aromatic rings. The van der Waals surface area contributed by atoms with E-state index < -0.39 is 5.54 Å². The molecule has 0 spiro atoms. The molecule has 0 fully saturated rings. The summed E-state index contributed by atoms with van der Waals surface area (Å²) >= 11 is 1.97. The van der Waals surface area contributed by atoms with Gasteiger partial charge in [0.25, 0.3) is 0 Å². The number of nitrogens with one attached hydrogen (secondary N) is 1. The van der Waals surface area contributed by atoms with Gasteiger partial charge in [-0.15, -0.1) is 11.8 Å². The van der Waals surface area contributed by atoms with Gasteiger partial charge in [-0.1, -0.05) is 12.1 Å². The Morgan fingerprint density at radius 3 is 3.06 bits per heavy atom. The third-order valence-corrected chi connectivity index (χ3v) is 4.44. The average Bonchev–Trinajstić information content (AvgIpc) is 2.38. The predicted octanol–water partition coefficient (Wildman–Crippen LogP) is 3.16. The number of nitriles is 1. The lowest BCUT2D eigenvalue weighted by molar-refractivity contribution is 0.490. The Labute approximate surface area is 114 Å². The molecule has 1 aromatic carbocycles. The van der Waals surface area contributed by atoms with Crippen LogP contribution in [0.25, 0.3) is 0 Å². The van der Waals surface area contributed by atoms with Gasteiger partial charge < -0.3 is 0 Å². The van der Waals surface area contributed by atoms with Gasteiger partial charge in [0.2, 0.25) is 0 Å². The van der Waals surface area contributed by atoms with Crippen LogP contribution in [0.1, 0.15) is 31.4 Å². The SMILES string of the molecule is CC(C)(C#N)NCCc1ccc2c(c1)CCCS2. The van der Waals surface area contributed by atoms with Crippen LogP contribution in [-0.4, -0.2) is 17.8 Å². The van der Waals surface area contributed by atoms with Gasteiger partial charge in [-0.2, -0.15) is 5.26 Å². The summed E-state index contributed by atoms with van der Waals surface area (Å²) in [6.45, 7) is 4.68. The standard InChI is InChI=1S/C15H20N2S/c1-15(2,11-16)17-8-7-12-5-6-14-13(10-12)4-3-9-18-14/h5-6,10,17H,3-4,7-9H2,1-2H3. The molecule has 18 heavy (non-hydrogen) atoms. The predicted molar refractivity (Wildman–Crippen MR) is 76.9 cm³/mol. The van der Waals surface area contributed by atoms with Crippen molar-refractivity contribution < 1.29 is 0 Å².